The molecular formula is C11H15ClO4S. The Balaban J connectivity index is 2.92. The molecule has 4 nitrogen and oxygen atoms in total. The Labute approximate surface area is 106 Å². The van der Waals surface area contributed by atoms with E-state index in [0.717, 1.165) is 0 Å². The predicted octanol–water partition coefficient (Wildman–Crippen LogP) is 1.73. The van der Waals surface area contributed by atoms with Gasteiger partial charge in [0.15, 0.2) is 14.5 Å². The van der Waals surface area contributed by atoms with Crippen LogP contribution in [-0.4, -0.2) is 31.1 Å². The first-order valence-electron chi connectivity index (χ1n) is 5.10. The molecule has 0 bridgehead atoms. The first-order chi connectivity index (χ1) is 7.92. The van der Waals surface area contributed by atoms with E-state index in [-0.39, 0.29) is 5.75 Å². The lowest BCUT2D eigenvalue weighted by Crippen LogP contribution is -2.24. The topological polar surface area (TPSA) is 63.6 Å². The van der Waals surface area contributed by atoms with E-state index in [9.17, 15) is 13.5 Å². The van der Waals surface area contributed by atoms with Gasteiger partial charge in [0.2, 0.25) is 0 Å². The van der Waals surface area contributed by atoms with Crippen LogP contribution in [0, 0.1) is 0 Å². The number of ether oxygens (including phenoxy) is 1. The van der Waals surface area contributed by atoms with Crippen molar-refractivity contribution in [1.29, 1.82) is 0 Å². The average Bonchev–Trinajstić information content (AvgIpc) is 2.37. The highest BCUT2D eigenvalue weighted by molar-refractivity contribution is 7.93. The predicted molar refractivity (Wildman–Crippen MR) is 67.1 cm³/mol. The summed E-state index contributed by atoms with van der Waals surface area (Å²) in [6.07, 6.45) is -1.24. The van der Waals surface area contributed by atoms with Crippen LogP contribution in [0.25, 0.3) is 0 Å². The minimum Gasteiger partial charge on any atom is -0.497 e. The van der Waals surface area contributed by atoms with E-state index in [0.29, 0.717) is 11.3 Å². The third-order valence-corrected chi connectivity index (χ3v) is 5.25. The van der Waals surface area contributed by atoms with Gasteiger partial charge in [-0.05, 0) is 17.7 Å². The Bertz CT molecular complexity index is 455. The van der Waals surface area contributed by atoms with Gasteiger partial charge in [-0.3, -0.25) is 0 Å². The van der Waals surface area contributed by atoms with Gasteiger partial charge in [0.05, 0.1) is 7.11 Å². The summed E-state index contributed by atoms with van der Waals surface area (Å²) in [6, 6.07) is 6.45. The molecular weight excluding hydrogens is 264 g/mol. The van der Waals surface area contributed by atoms with Crippen molar-refractivity contribution in [3.05, 3.63) is 29.8 Å². The highest BCUT2D eigenvalue weighted by Crippen LogP contribution is 2.27. The minimum absolute atomic E-state index is 0.103. The van der Waals surface area contributed by atoms with Gasteiger partial charge in [-0.25, -0.2) is 8.42 Å². The molecule has 0 fully saturated rings. The molecule has 0 amide bonds. The molecule has 1 aromatic carbocycles. The number of aliphatic hydroxyl groups is 1. The van der Waals surface area contributed by atoms with Gasteiger partial charge < -0.3 is 9.84 Å². The van der Waals surface area contributed by atoms with E-state index in [1.807, 2.05) is 0 Å². The molecule has 0 unspecified atom stereocenters. The number of hydrogen-bond donors (Lipinski definition) is 1. The monoisotopic (exact) mass is 278 g/mol. The van der Waals surface area contributed by atoms with Crippen molar-refractivity contribution in [1.82, 2.24) is 0 Å². The lowest BCUT2D eigenvalue weighted by Gasteiger charge is -2.17. The SMILES string of the molecule is CCS(=O)(=O)[C@@H](Cl)[C@H](O)c1ccc(OC)cc1. The molecule has 0 saturated carbocycles. The summed E-state index contributed by atoms with van der Waals surface area (Å²) < 4.78 is 26.7. The number of sulfone groups is 1. The normalized spacial score (nSPS) is 15.3. The first-order valence-corrected chi connectivity index (χ1v) is 7.25. The molecule has 6 heteroatoms. The molecule has 17 heavy (non-hydrogen) atoms. The fourth-order valence-corrected chi connectivity index (χ4v) is 2.70. The van der Waals surface area contributed by atoms with Gasteiger partial charge in [0.1, 0.15) is 11.9 Å². The minimum atomic E-state index is -3.48. The summed E-state index contributed by atoms with van der Waals surface area (Å²) in [5, 5.41) is 9.87. The molecule has 0 heterocycles. The van der Waals surface area contributed by atoms with Crippen LogP contribution in [0.4, 0.5) is 0 Å². The zero-order chi connectivity index (χ0) is 13.1. The zero-order valence-electron chi connectivity index (χ0n) is 9.63. The molecule has 96 valence electrons. The fraction of sp³-hybridized carbons (Fsp3) is 0.455. The second-order valence-electron chi connectivity index (χ2n) is 3.52. The molecule has 2 atom stereocenters. The van der Waals surface area contributed by atoms with Crippen molar-refractivity contribution >= 4 is 21.4 Å². The first kappa shape index (κ1) is 14.3. The second-order valence-corrected chi connectivity index (χ2v) is 6.66. The Hall–Kier alpha value is -0.780. The molecule has 1 rings (SSSR count). The summed E-state index contributed by atoms with van der Waals surface area (Å²) in [5.41, 5.74) is 0.447. The van der Waals surface area contributed by atoms with Crippen LogP contribution in [-0.2, 0) is 9.84 Å². The maximum absolute atomic E-state index is 11.5. The third-order valence-electron chi connectivity index (χ3n) is 2.45. The Morgan fingerprint density at radius 3 is 2.29 bits per heavy atom. The molecule has 1 aromatic rings. The number of methoxy groups -OCH3 is 1. The van der Waals surface area contributed by atoms with Crippen molar-refractivity contribution in [2.45, 2.75) is 17.7 Å². The van der Waals surface area contributed by atoms with Crippen LogP contribution in [0.2, 0.25) is 0 Å². The zero-order valence-corrected chi connectivity index (χ0v) is 11.2. The van der Waals surface area contributed by atoms with Crippen LogP contribution >= 0.6 is 11.6 Å². The Morgan fingerprint density at radius 2 is 1.88 bits per heavy atom. The number of benzene rings is 1. The Morgan fingerprint density at radius 1 is 1.35 bits per heavy atom. The Kier molecular flexibility index (Phi) is 4.80. The molecule has 0 saturated heterocycles. The highest BCUT2D eigenvalue weighted by Gasteiger charge is 2.29. The van der Waals surface area contributed by atoms with E-state index in [2.05, 4.69) is 0 Å². The summed E-state index contributed by atoms with van der Waals surface area (Å²) in [5.74, 6) is 0.527. The summed E-state index contributed by atoms with van der Waals surface area (Å²) >= 11 is 5.76. The summed E-state index contributed by atoms with van der Waals surface area (Å²) in [7, 11) is -1.95. The van der Waals surface area contributed by atoms with E-state index < -0.39 is 20.7 Å². The van der Waals surface area contributed by atoms with Crippen LogP contribution < -0.4 is 4.74 Å². The van der Waals surface area contributed by atoms with E-state index >= 15 is 0 Å². The van der Waals surface area contributed by atoms with E-state index in [1.54, 1.807) is 24.3 Å². The van der Waals surface area contributed by atoms with Crippen molar-refractivity contribution in [3.8, 4) is 5.75 Å². The largest absolute Gasteiger partial charge is 0.497 e. The molecule has 0 aromatic heterocycles. The van der Waals surface area contributed by atoms with Crippen LogP contribution in [0.1, 0.15) is 18.6 Å². The van der Waals surface area contributed by atoms with Crippen LogP contribution in [0.15, 0.2) is 24.3 Å². The number of alkyl halides is 1. The standard InChI is InChI=1S/C11H15ClO4S/c1-3-17(14,15)11(12)10(13)8-4-6-9(16-2)7-5-8/h4-7,10-11,13H,3H2,1-2H3/t10-,11-/m1/s1. The average molecular weight is 279 g/mol. The number of halogens is 1. The molecule has 0 aliphatic carbocycles. The van der Waals surface area contributed by atoms with E-state index in [1.165, 1.54) is 14.0 Å². The van der Waals surface area contributed by atoms with E-state index in [4.69, 9.17) is 16.3 Å². The lowest BCUT2D eigenvalue weighted by molar-refractivity contribution is 0.191. The summed E-state index contributed by atoms with van der Waals surface area (Å²) in [6.45, 7) is 1.49. The smallest absolute Gasteiger partial charge is 0.169 e. The number of aliphatic hydroxyl groups excluding tert-OH is 1. The van der Waals surface area contributed by atoms with Gasteiger partial charge in [-0.15, -0.1) is 11.6 Å². The van der Waals surface area contributed by atoms with Crippen LogP contribution in [0.5, 0.6) is 5.75 Å². The van der Waals surface area contributed by atoms with Crippen molar-refractivity contribution in [2.24, 2.45) is 0 Å². The van der Waals surface area contributed by atoms with Crippen molar-refractivity contribution < 1.29 is 18.3 Å². The molecule has 0 aliphatic heterocycles. The van der Waals surface area contributed by atoms with Gasteiger partial charge >= 0.3 is 0 Å². The number of rotatable bonds is 5. The highest BCUT2D eigenvalue weighted by atomic mass is 35.5. The van der Waals surface area contributed by atoms with Gasteiger partial charge in [0, 0.05) is 5.75 Å². The van der Waals surface area contributed by atoms with Crippen LogP contribution in [0.3, 0.4) is 0 Å². The molecule has 0 spiro atoms. The summed E-state index contributed by atoms with van der Waals surface area (Å²) in [4.78, 5) is 0. The van der Waals surface area contributed by atoms with Gasteiger partial charge in [0.25, 0.3) is 0 Å². The maximum atomic E-state index is 11.5. The molecule has 1 N–H and O–H groups in total. The van der Waals surface area contributed by atoms with Crippen molar-refractivity contribution in [3.63, 3.8) is 0 Å². The second kappa shape index (κ2) is 5.71. The van der Waals surface area contributed by atoms with Crippen molar-refractivity contribution in [2.75, 3.05) is 12.9 Å². The maximum Gasteiger partial charge on any atom is 0.169 e. The molecule has 0 radical (unpaired) electrons. The fourth-order valence-electron chi connectivity index (χ4n) is 1.31. The molecule has 0 aliphatic rings. The van der Waals surface area contributed by atoms with Gasteiger partial charge in [-0.2, -0.15) is 0 Å². The third kappa shape index (κ3) is 3.34. The van der Waals surface area contributed by atoms with Gasteiger partial charge in [-0.1, -0.05) is 19.1 Å². The number of hydrogen-bond acceptors (Lipinski definition) is 4. The quantitative estimate of drug-likeness (QED) is 0.833. The lowest BCUT2D eigenvalue weighted by atomic mass is 10.1.